The van der Waals surface area contributed by atoms with Crippen molar-refractivity contribution in [3.05, 3.63) is 11.6 Å². The van der Waals surface area contributed by atoms with Gasteiger partial charge in [-0.2, -0.15) is 0 Å². The Morgan fingerprint density at radius 2 is 1.92 bits per heavy atom. The summed E-state index contributed by atoms with van der Waals surface area (Å²) in [5.41, 5.74) is -0.441. The summed E-state index contributed by atoms with van der Waals surface area (Å²) in [5, 5.41) is 11.2. The summed E-state index contributed by atoms with van der Waals surface area (Å²) in [4.78, 5) is 24.0. The van der Waals surface area contributed by atoms with Crippen LogP contribution in [-0.4, -0.2) is 29.1 Å². The van der Waals surface area contributed by atoms with Crippen molar-refractivity contribution >= 4 is 11.8 Å². The van der Waals surface area contributed by atoms with Gasteiger partial charge in [-0.15, -0.1) is 0 Å². The highest BCUT2D eigenvalue weighted by molar-refractivity contribution is 5.87. The molecule has 0 amide bonds. The fourth-order valence-electron chi connectivity index (χ4n) is 4.90. The van der Waals surface area contributed by atoms with Crippen molar-refractivity contribution in [2.75, 3.05) is 6.61 Å². The molecule has 4 nitrogen and oxygen atoms in total. The number of carbonyl (C=O) groups excluding carboxylic acids is 2. The predicted octanol–water partition coefficient (Wildman–Crippen LogP) is 3.52. The number of esters is 1. The van der Waals surface area contributed by atoms with Gasteiger partial charge >= 0.3 is 5.97 Å². The maximum atomic E-state index is 12.1. The standard InChI is InChI=1S/C20H32O4/c1-6-13(4)19(22)24-11-20(23)10-9-15(12(2)3)18-16(14(5)21)7-8-17(18)20/h6,12,15-18,23H,7-11H2,1-5H3/b13-6-/t15-,16+,17+,18+,20-/m0/s1. The molecule has 5 atom stereocenters. The average Bonchev–Trinajstić information content (AvgIpc) is 2.98. The largest absolute Gasteiger partial charge is 0.459 e. The molecular weight excluding hydrogens is 304 g/mol. The van der Waals surface area contributed by atoms with E-state index in [0.29, 0.717) is 23.8 Å². The molecule has 0 heterocycles. The van der Waals surface area contributed by atoms with Gasteiger partial charge in [0.05, 0.1) is 0 Å². The molecule has 0 aromatic heterocycles. The average molecular weight is 336 g/mol. The molecule has 0 aliphatic heterocycles. The number of ether oxygens (including phenoxy) is 1. The van der Waals surface area contributed by atoms with Crippen molar-refractivity contribution in [1.82, 2.24) is 0 Å². The van der Waals surface area contributed by atoms with Gasteiger partial charge in [0, 0.05) is 11.5 Å². The third-order valence-corrected chi connectivity index (χ3v) is 6.40. The van der Waals surface area contributed by atoms with E-state index in [4.69, 9.17) is 4.74 Å². The zero-order valence-electron chi connectivity index (χ0n) is 15.7. The van der Waals surface area contributed by atoms with Gasteiger partial charge in [0.25, 0.3) is 0 Å². The van der Waals surface area contributed by atoms with E-state index >= 15 is 0 Å². The van der Waals surface area contributed by atoms with Crippen molar-refractivity contribution in [2.24, 2.45) is 29.6 Å². The topological polar surface area (TPSA) is 63.6 Å². The molecule has 1 N–H and O–H groups in total. The molecule has 0 saturated heterocycles. The number of allylic oxidation sites excluding steroid dienone is 1. The summed E-state index contributed by atoms with van der Waals surface area (Å²) < 4.78 is 5.39. The number of hydrogen-bond donors (Lipinski definition) is 1. The monoisotopic (exact) mass is 336 g/mol. The van der Waals surface area contributed by atoms with Crippen LogP contribution in [0.5, 0.6) is 0 Å². The van der Waals surface area contributed by atoms with Crippen LogP contribution < -0.4 is 0 Å². The van der Waals surface area contributed by atoms with E-state index in [1.54, 1.807) is 26.8 Å². The normalized spacial score (nSPS) is 36.5. The molecule has 2 rings (SSSR count). The summed E-state index contributed by atoms with van der Waals surface area (Å²) >= 11 is 0. The van der Waals surface area contributed by atoms with E-state index in [1.165, 1.54) is 0 Å². The third-order valence-electron chi connectivity index (χ3n) is 6.40. The first-order chi connectivity index (χ1) is 11.2. The summed E-state index contributed by atoms with van der Waals surface area (Å²) in [6.45, 7) is 9.63. The molecule has 2 fully saturated rings. The smallest absolute Gasteiger partial charge is 0.333 e. The Labute approximate surface area is 145 Å². The maximum absolute atomic E-state index is 12.1. The van der Waals surface area contributed by atoms with Gasteiger partial charge in [-0.1, -0.05) is 19.9 Å². The zero-order valence-corrected chi connectivity index (χ0v) is 15.7. The molecule has 0 unspecified atom stereocenters. The van der Waals surface area contributed by atoms with Crippen molar-refractivity contribution < 1.29 is 19.4 Å². The Balaban J connectivity index is 2.18. The lowest BCUT2D eigenvalue weighted by atomic mass is 9.60. The zero-order chi connectivity index (χ0) is 18.1. The van der Waals surface area contributed by atoms with E-state index in [1.807, 2.05) is 0 Å². The summed E-state index contributed by atoms with van der Waals surface area (Å²) in [6, 6.07) is 0. The summed E-state index contributed by atoms with van der Waals surface area (Å²) in [6.07, 6.45) is 4.93. The molecule has 0 aromatic carbocycles. The Bertz CT molecular complexity index is 522. The molecule has 4 heteroatoms. The maximum Gasteiger partial charge on any atom is 0.333 e. The quantitative estimate of drug-likeness (QED) is 0.616. The van der Waals surface area contributed by atoms with Crippen LogP contribution in [0.2, 0.25) is 0 Å². The van der Waals surface area contributed by atoms with Gasteiger partial charge in [0.15, 0.2) is 0 Å². The second-order valence-corrected chi connectivity index (χ2v) is 8.08. The number of rotatable bonds is 5. The minimum Gasteiger partial charge on any atom is -0.459 e. The molecular formula is C20H32O4. The summed E-state index contributed by atoms with van der Waals surface area (Å²) in [7, 11) is 0. The highest BCUT2D eigenvalue weighted by atomic mass is 16.5. The molecule has 0 bridgehead atoms. The van der Waals surface area contributed by atoms with Crippen LogP contribution in [0.15, 0.2) is 11.6 Å². The lowest BCUT2D eigenvalue weighted by Gasteiger charge is -2.47. The molecule has 2 aliphatic carbocycles. The highest BCUT2D eigenvalue weighted by Gasteiger charge is 2.55. The van der Waals surface area contributed by atoms with E-state index in [-0.39, 0.29) is 36.1 Å². The number of fused-ring (bicyclic) bond motifs is 1. The van der Waals surface area contributed by atoms with Crippen molar-refractivity contribution in [3.8, 4) is 0 Å². The second-order valence-electron chi connectivity index (χ2n) is 8.08. The summed E-state index contributed by atoms with van der Waals surface area (Å²) in [5.74, 6) is 1.12. The van der Waals surface area contributed by atoms with Gasteiger partial charge < -0.3 is 9.84 Å². The second kappa shape index (κ2) is 7.38. The first-order valence-corrected chi connectivity index (χ1v) is 9.24. The number of Topliss-reactive ketones (excluding diaryl/α,β-unsaturated/α-hetero) is 1. The fraction of sp³-hybridized carbons (Fsp3) is 0.800. The van der Waals surface area contributed by atoms with Gasteiger partial charge in [0.1, 0.15) is 18.0 Å². The van der Waals surface area contributed by atoms with Crippen LogP contribution in [0.3, 0.4) is 0 Å². The van der Waals surface area contributed by atoms with Crippen LogP contribution in [0.25, 0.3) is 0 Å². The molecule has 2 aliphatic rings. The van der Waals surface area contributed by atoms with Gasteiger partial charge in [-0.3, -0.25) is 4.79 Å². The fourth-order valence-corrected chi connectivity index (χ4v) is 4.90. The molecule has 2 saturated carbocycles. The van der Waals surface area contributed by atoms with Crippen molar-refractivity contribution in [1.29, 1.82) is 0 Å². The van der Waals surface area contributed by atoms with Crippen LogP contribution in [-0.2, 0) is 14.3 Å². The third kappa shape index (κ3) is 3.58. The molecule has 0 spiro atoms. The first kappa shape index (κ1) is 19.2. The Morgan fingerprint density at radius 3 is 2.46 bits per heavy atom. The van der Waals surface area contributed by atoms with Gasteiger partial charge in [-0.25, -0.2) is 4.79 Å². The minimum absolute atomic E-state index is 0.0353. The molecule has 136 valence electrons. The van der Waals surface area contributed by atoms with Crippen LogP contribution in [0.1, 0.15) is 60.3 Å². The number of aliphatic hydroxyl groups is 1. The van der Waals surface area contributed by atoms with Crippen molar-refractivity contribution in [2.45, 2.75) is 65.9 Å². The SMILES string of the molecule is C/C=C(/C)C(=O)OC[C@@]1(O)CC[C@@H](C(C)C)[C@@H]2[C@@H](C(C)=O)CC[C@H]21. The van der Waals surface area contributed by atoms with Crippen molar-refractivity contribution in [3.63, 3.8) is 0 Å². The minimum atomic E-state index is -0.996. The Kier molecular flexibility index (Phi) is 5.90. The lowest BCUT2D eigenvalue weighted by Crippen LogP contribution is -2.52. The van der Waals surface area contributed by atoms with Gasteiger partial charge in [0.2, 0.25) is 0 Å². The Morgan fingerprint density at radius 1 is 1.25 bits per heavy atom. The van der Waals surface area contributed by atoms with Gasteiger partial charge in [-0.05, 0) is 70.1 Å². The van der Waals surface area contributed by atoms with E-state index in [2.05, 4.69) is 13.8 Å². The van der Waals surface area contributed by atoms with Crippen LogP contribution in [0.4, 0.5) is 0 Å². The van der Waals surface area contributed by atoms with Crippen LogP contribution in [0, 0.1) is 29.6 Å². The predicted molar refractivity (Wildman–Crippen MR) is 93.3 cm³/mol. The first-order valence-electron chi connectivity index (χ1n) is 9.24. The van der Waals surface area contributed by atoms with E-state index in [9.17, 15) is 14.7 Å². The molecule has 0 aromatic rings. The number of hydrogen-bond acceptors (Lipinski definition) is 4. The number of carbonyl (C=O) groups is 2. The number of ketones is 1. The van der Waals surface area contributed by atoms with E-state index < -0.39 is 5.60 Å². The van der Waals surface area contributed by atoms with Crippen LogP contribution >= 0.6 is 0 Å². The Hall–Kier alpha value is -1.16. The highest BCUT2D eigenvalue weighted by Crippen LogP contribution is 2.55. The van der Waals surface area contributed by atoms with E-state index in [0.717, 1.165) is 19.3 Å². The molecule has 24 heavy (non-hydrogen) atoms. The molecule has 0 radical (unpaired) electrons. The lowest BCUT2D eigenvalue weighted by molar-refractivity contribution is -0.163.